The van der Waals surface area contributed by atoms with Gasteiger partial charge in [0.25, 0.3) is 0 Å². The second kappa shape index (κ2) is 6.84. The monoisotopic (exact) mass is 337 g/mol. The molecule has 122 valence electrons. The average Bonchev–Trinajstić information content (AvgIpc) is 2.54. The van der Waals surface area contributed by atoms with Crippen molar-refractivity contribution in [2.75, 3.05) is 6.54 Å². The van der Waals surface area contributed by atoms with Crippen molar-refractivity contribution >= 4 is 15.9 Å². The summed E-state index contributed by atoms with van der Waals surface area (Å²) in [6.45, 7) is 1.98. The molecule has 2 aromatic rings. The molecule has 0 saturated carbocycles. The molecule has 2 rings (SSSR count). The first-order valence-corrected chi connectivity index (χ1v) is 8.28. The third-order valence-corrected chi connectivity index (χ3v) is 5.15. The van der Waals surface area contributed by atoms with Crippen LogP contribution in [0, 0.1) is 5.82 Å². The van der Waals surface area contributed by atoms with E-state index in [1.54, 1.807) is 6.92 Å². The van der Waals surface area contributed by atoms with Crippen LogP contribution in [-0.4, -0.2) is 30.2 Å². The fourth-order valence-corrected chi connectivity index (χ4v) is 3.43. The van der Waals surface area contributed by atoms with Crippen molar-refractivity contribution in [1.82, 2.24) is 9.29 Å². The quantitative estimate of drug-likeness (QED) is 0.865. The molecule has 23 heavy (non-hydrogen) atoms. The molecule has 0 spiro atoms. The Hall–Kier alpha value is -2.32. The third-order valence-electron chi connectivity index (χ3n) is 3.26. The fourth-order valence-electron chi connectivity index (χ4n) is 2.00. The van der Waals surface area contributed by atoms with Gasteiger partial charge in [0.05, 0.1) is 5.56 Å². The van der Waals surface area contributed by atoms with Crippen LogP contribution in [0.2, 0.25) is 0 Å². The lowest BCUT2D eigenvalue weighted by Crippen LogP contribution is -2.30. The van der Waals surface area contributed by atoms with E-state index in [9.17, 15) is 17.6 Å². The predicted molar refractivity (Wildman–Crippen MR) is 82.4 cm³/mol. The van der Waals surface area contributed by atoms with Crippen molar-refractivity contribution < 1.29 is 17.6 Å². The number of carbonyl (C=O) groups is 1. The molecule has 0 fully saturated rings. The van der Waals surface area contributed by atoms with Crippen LogP contribution in [0.1, 0.15) is 22.8 Å². The minimum absolute atomic E-state index is 0.0175. The lowest BCUT2D eigenvalue weighted by molar-refractivity contribution is 0.0999. The number of hydrogen-bond donors (Lipinski definition) is 1. The number of nitrogens with zero attached hydrogens (tertiary/aromatic N) is 2. The van der Waals surface area contributed by atoms with Crippen LogP contribution in [0.15, 0.2) is 47.6 Å². The number of benzene rings is 1. The van der Waals surface area contributed by atoms with Crippen LogP contribution in [0.3, 0.4) is 0 Å². The molecule has 2 N–H and O–H groups in total. The van der Waals surface area contributed by atoms with E-state index < -0.39 is 21.7 Å². The van der Waals surface area contributed by atoms with Gasteiger partial charge in [0.15, 0.2) is 0 Å². The topological polar surface area (TPSA) is 93.4 Å². The maximum absolute atomic E-state index is 12.9. The highest BCUT2D eigenvalue weighted by Gasteiger charge is 2.24. The molecule has 0 radical (unpaired) electrons. The normalized spacial score (nSPS) is 11.6. The summed E-state index contributed by atoms with van der Waals surface area (Å²) < 4.78 is 39.5. The van der Waals surface area contributed by atoms with Crippen LogP contribution >= 0.6 is 0 Å². The summed E-state index contributed by atoms with van der Waals surface area (Å²) in [5.41, 5.74) is 5.82. The summed E-state index contributed by atoms with van der Waals surface area (Å²) >= 11 is 0. The molecule has 6 nitrogen and oxygen atoms in total. The number of hydrogen-bond acceptors (Lipinski definition) is 4. The molecule has 0 unspecified atom stereocenters. The maximum Gasteiger partial charge on any atom is 0.250 e. The van der Waals surface area contributed by atoms with Crippen molar-refractivity contribution in [1.29, 1.82) is 0 Å². The van der Waals surface area contributed by atoms with Gasteiger partial charge in [0, 0.05) is 25.5 Å². The Morgan fingerprint density at radius 1 is 1.26 bits per heavy atom. The van der Waals surface area contributed by atoms with Crippen LogP contribution in [0.25, 0.3) is 0 Å². The molecule has 0 bridgehead atoms. The minimum atomic E-state index is -3.85. The number of primary amides is 1. The third kappa shape index (κ3) is 3.91. The van der Waals surface area contributed by atoms with Crippen molar-refractivity contribution in [2.45, 2.75) is 18.4 Å². The van der Waals surface area contributed by atoms with Gasteiger partial charge in [-0.3, -0.25) is 9.78 Å². The molecule has 1 amide bonds. The van der Waals surface area contributed by atoms with Crippen LogP contribution in [0.5, 0.6) is 0 Å². The van der Waals surface area contributed by atoms with Gasteiger partial charge in [-0.2, -0.15) is 4.31 Å². The van der Waals surface area contributed by atoms with Gasteiger partial charge >= 0.3 is 0 Å². The van der Waals surface area contributed by atoms with E-state index in [4.69, 9.17) is 5.73 Å². The van der Waals surface area contributed by atoms with Crippen LogP contribution in [0.4, 0.5) is 4.39 Å². The minimum Gasteiger partial charge on any atom is -0.366 e. The smallest absolute Gasteiger partial charge is 0.250 e. The summed E-state index contributed by atoms with van der Waals surface area (Å²) in [5, 5.41) is 0. The Morgan fingerprint density at radius 2 is 1.91 bits per heavy atom. The maximum atomic E-state index is 12.9. The van der Waals surface area contributed by atoms with Gasteiger partial charge in [-0.25, -0.2) is 12.8 Å². The number of carbonyl (C=O) groups excluding carboxylic acids is 1. The summed E-state index contributed by atoms with van der Waals surface area (Å²) in [6, 6.07) is 6.77. The Kier molecular flexibility index (Phi) is 5.07. The highest BCUT2D eigenvalue weighted by atomic mass is 32.2. The number of pyridine rings is 1. The van der Waals surface area contributed by atoms with Crippen molar-refractivity contribution in [3.8, 4) is 0 Å². The Bertz CT molecular complexity index is 807. The summed E-state index contributed by atoms with van der Waals surface area (Å²) in [4.78, 5) is 14.8. The molecule has 8 heteroatoms. The number of nitrogens with two attached hydrogens (primary N) is 1. The summed E-state index contributed by atoms with van der Waals surface area (Å²) in [5.74, 6) is -1.14. The second-order valence-electron chi connectivity index (χ2n) is 4.83. The lowest BCUT2D eigenvalue weighted by Gasteiger charge is -2.20. The standard InChI is InChI=1S/C15H16FN3O3S/c1-2-19(10-11-3-5-13(16)6-4-11)23(21,22)14-7-12(15(17)20)8-18-9-14/h3-9H,2,10H2,1H3,(H2,17,20). The van der Waals surface area contributed by atoms with Crippen LogP contribution in [-0.2, 0) is 16.6 Å². The number of sulfonamides is 1. The van der Waals surface area contributed by atoms with E-state index in [1.807, 2.05) is 0 Å². The number of amides is 1. The van der Waals surface area contributed by atoms with E-state index in [0.717, 1.165) is 6.20 Å². The highest BCUT2D eigenvalue weighted by Crippen LogP contribution is 2.18. The first-order valence-electron chi connectivity index (χ1n) is 6.84. The van der Waals surface area contributed by atoms with Gasteiger partial charge in [-0.05, 0) is 23.8 Å². The van der Waals surface area contributed by atoms with Crippen molar-refractivity contribution in [2.24, 2.45) is 5.73 Å². The molecule has 1 heterocycles. The number of halogens is 1. The van der Waals surface area contributed by atoms with Crippen LogP contribution < -0.4 is 5.73 Å². The Morgan fingerprint density at radius 3 is 2.48 bits per heavy atom. The van der Waals surface area contributed by atoms with Crippen molar-refractivity contribution in [3.05, 3.63) is 59.7 Å². The number of rotatable bonds is 6. The zero-order valence-corrected chi connectivity index (χ0v) is 13.3. The highest BCUT2D eigenvalue weighted by molar-refractivity contribution is 7.89. The lowest BCUT2D eigenvalue weighted by atomic mass is 10.2. The van der Waals surface area contributed by atoms with E-state index in [0.29, 0.717) is 5.56 Å². The Labute approximate surface area is 133 Å². The molecular weight excluding hydrogens is 321 g/mol. The van der Waals surface area contributed by atoms with E-state index in [1.165, 1.54) is 40.8 Å². The molecule has 1 aromatic heterocycles. The molecule has 1 aromatic carbocycles. The Balaban J connectivity index is 2.33. The van der Waals surface area contributed by atoms with E-state index in [-0.39, 0.29) is 23.5 Å². The molecule has 0 aliphatic carbocycles. The fraction of sp³-hybridized carbons (Fsp3) is 0.200. The van der Waals surface area contributed by atoms with Gasteiger partial charge < -0.3 is 5.73 Å². The second-order valence-corrected chi connectivity index (χ2v) is 6.77. The van der Waals surface area contributed by atoms with E-state index in [2.05, 4.69) is 4.98 Å². The number of aromatic nitrogens is 1. The first-order chi connectivity index (χ1) is 10.8. The molecule has 0 aliphatic rings. The molecule has 0 saturated heterocycles. The van der Waals surface area contributed by atoms with Gasteiger partial charge in [0.1, 0.15) is 10.7 Å². The zero-order chi connectivity index (χ0) is 17.0. The summed E-state index contributed by atoms with van der Waals surface area (Å²) in [6.07, 6.45) is 2.37. The average molecular weight is 337 g/mol. The molecule has 0 aliphatic heterocycles. The largest absolute Gasteiger partial charge is 0.366 e. The van der Waals surface area contributed by atoms with Gasteiger partial charge in [0.2, 0.25) is 15.9 Å². The molecule has 0 atom stereocenters. The first kappa shape index (κ1) is 17.0. The zero-order valence-electron chi connectivity index (χ0n) is 12.4. The van der Waals surface area contributed by atoms with Gasteiger partial charge in [-0.1, -0.05) is 19.1 Å². The predicted octanol–water partition coefficient (Wildman–Crippen LogP) is 1.53. The van der Waals surface area contributed by atoms with E-state index >= 15 is 0 Å². The molecular formula is C15H16FN3O3S. The summed E-state index contributed by atoms with van der Waals surface area (Å²) in [7, 11) is -3.85. The van der Waals surface area contributed by atoms with Crippen molar-refractivity contribution in [3.63, 3.8) is 0 Å². The van der Waals surface area contributed by atoms with Gasteiger partial charge in [-0.15, -0.1) is 0 Å². The SMILES string of the molecule is CCN(Cc1ccc(F)cc1)S(=O)(=O)c1cncc(C(N)=O)c1.